The molecule has 2 aliphatic rings. The zero-order valence-corrected chi connectivity index (χ0v) is 15.8. The summed E-state index contributed by atoms with van der Waals surface area (Å²) in [5, 5.41) is 3.10. The summed E-state index contributed by atoms with van der Waals surface area (Å²) in [6.07, 6.45) is 4.40. The lowest BCUT2D eigenvalue weighted by Gasteiger charge is -2.37. The van der Waals surface area contributed by atoms with E-state index in [9.17, 15) is 17.6 Å². The summed E-state index contributed by atoms with van der Waals surface area (Å²) in [5.41, 5.74) is 0. The van der Waals surface area contributed by atoms with Crippen LogP contribution in [0.2, 0.25) is 0 Å². The van der Waals surface area contributed by atoms with Crippen molar-refractivity contribution < 1.29 is 17.6 Å². The van der Waals surface area contributed by atoms with Gasteiger partial charge in [0, 0.05) is 32.2 Å². The number of carbonyl (C=O) groups is 1. The molecule has 1 saturated carbocycles. The largest absolute Gasteiger partial charge is 0.352 e. The number of hydrogen-bond donors (Lipinski definition) is 1. The van der Waals surface area contributed by atoms with Crippen LogP contribution in [0.25, 0.3) is 0 Å². The van der Waals surface area contributed by atoms with Gasteiger partial charge in [0.25, 0.3) is 0 Å². The van der Waals surface area contributed by atoms with Crippen molar-refractivity contribution in [3.05, 3.63) is 30.1 Å². The Morgan fingerprint density at radius 2 is 1.85 bits per heavy atom. The Balaban J connectivity index is 1.57. The predicted molar refractivity (Wildman–Crippen MR) is 96.6 cm³/mol. The normalized spacial score (nSPS) is 21.6. The first-order valence-corrected chi connectivity index (χ1v) is 10.6. The van der Waals surface area contributed by atoms with Gasteiger partial charge in [-0.05, 0) is 38.0 Å². The Bertz CT molecular complexity index is 742. The van der Waals surface area contributed by atoms with Crippen molar-refractivity contribution in [3.8, 4) is 0 Å². The number of nitrogens with one attached hydrogen (secondary N) is 1. The van der Waals surface area contributed by atoms with Crippen LogP contribution in [0.1, 0.15) is 32.6 Å². The SMILES string of the molecule is C[C@@H](C(=O)NC1CCCC1)N1CCN(S(=O)(=O)c2cccc(F)c2)CC1. The first-order valence-electron chi connectivity index (χ1n) is 9.18. The topological polar surface area (TPSA) is 69.7 Å². The third-order valence-corrected chi connectivity index (χ3v) is 7.23. The van der Waals surface area contributed by atoms with Crippen molar-refractivity contribution in [1.29, 1.82) is 0 Å². The van der Waals surface area contributed by atoms with E-state index in [1.165, 1.54) is 22.5 Å². The fraction of sp³-hybridized carbons (Fsp3) is 0.611. The van der Waals surface area contributed by atoms with Crippen molar-refractivity contribution in [2.24, 2.45) is 0 Å². The zero-order chi connectivity index (χ0) is 18.7. The van der Waals surface area contributed by atoms with Gasteiger partial charge in [0.05, 0.1) is 10.9 Å². The second-order valence-electron chi connectivity index (χ2n) is 7.06. The molecule has 0 bridgehead atoms. The van der Waals surface area contributed by atoms with Crippen LogP contribution >= 0.6 is 0 Å². The summed E-state index contributed by atoms with van der Waals surface area (Å²) >= 11 is 0. The van der Waals surface area contributed by atoms with Crippen LogP contribution in [0, 0.1) is 5.82 Å². The van der Waals surface area contributed by atoms with Crippen molar-refractivity contribution in [3.63, 3.8) is 0 Å². The van der Waals surface area contributed by atoms with Gasteiger partial charge in [-0.1, -0.05) is 18.9 Å². The van der Waals surface area contributed by atoms with Crippen molar-refractivity contribution in [2.45, 2.75) is 49.6 Å². The van der Waals surface area contributed by atoms with Crippen LogP contribution in [-0.2, 0) is 14.8 Å². The molecule has 26 heavy (non-hydrogen) atoms. The number of sulfonamides is 1. The van der Waals surface area contributed by atoms with Gasteiger partial charge in [0.1, 0.15) is 5.82 Å². The molecule has 1 aromatic carbocycles. The van der Waals surface area contributed by atoms with E-state index in [1.54, 1.807) is 0 Å². The summed E-state index contributed by atoms with van der Waals surface area (Å²) < 4.78 is 40.0. The van der Waals surface area contributed by atoms with Crippen molar-refractivity contribution in [1.82, 2.24) is 14.5 Å². The molecule has 0 spiro atoms. The standard InChI is InChI=1S/C18H26FN3O3S/c1-14(18(23)20-16-6-2-3-7-16)21-9-11-22(12-10-21)26(24,25)17-8-4-5-15(19)13-17/h4-5,8,13-14,16H,2-3,6-7,9-12H2,1H3,(H,20,23)/t14-/m0/s1. The Labute approximate surface area is 154 Å². The molecule has 1 atom stereocenters. The summed E-state index contributed by atoms with van der Waals surface area (Å²) in [4.78, 5) is 14.4. The van der Waals surface area contributed by atoms with E-state index in [-0.39, 0.29) is 22.9 Å². The molecule has 1 aliphatic heterocycles. The summed E-state index contributed by atoms with van der Waals surface area (Å²) in [7, 11) is -3.71. The third kappa shape index (κ3) is 4.24. The first kappa shape index (κ1) is 19.3. The van der Waals surface area contributed by atoms with E-state index in [0.29, 0.717) is 26.2 Å². The molecule has 144 valence electrons. The lowest BCUT2D eigenvalue weighted by molar-refractivity contribution is -0.127. The molecule has 1 amide bonds. The smallest absolute Gasteiger partial charge is 0.243 e. The van der Waals surface area contributed by atoms with Crippen LogP contribution in [0.3, 0.4) is 0 Å². The average molecular weight is 383 g/mol. The average Bonchev–Trinajstić information content (AvgIpc) is 3.14. The van der Waals surface area contributed by atoms with E-state index >= 15 is 0 Å². The highest BCUT2D eigenvalue weighted by Gasteiger charge is 2.32. The van der Waals surface area contributed by atoms with Gasteiger partial charge in [0.15, 0.2) is 0 Å². The number of amides is 1. The summed E-state index contributed by atoms with van der Waals surface area (Å²) in [6, 6.07) is 5.06. The van der Waals surface area contributed by atoms with Crippen LogP contribution in [-0.4, -0.2) is 61.8 Å². The van der Waals surface area contributed by atoms with Gasteiger partial charge in [-0.3, -0.25) is 9.69 Å². The molecule has 0 radical (unpaired) electrons. The second-order valence-corrected chi connectivity index (χ2v) is 9.00. The van der Waals surface area contributed by atoms with Gasteiger partial charge < -0.3 is 5.32 Å². The van der Waals surface area contributed by atoms with Crippen LogP contribution in [0.15, 0.2) is 29.2 Å². The van der Waals surface area contributed by atoms with Crippen LogP contribution < -0.4 is 5.32 Å². The van der Waals surface area contributed by atoms with Crippen LogP contribution in [0.4, 0.5) is 4.39 Å². The number of hydrogen-bond acceptors (Lipinski definition) is 4. The Morgan fingerprint density at radius 3 is 2.46 bits per heavy atom. The molecule has 2 fully saturated rings. The Kier molecular flexibility index (Phi) is 5.94. The molecule has 1 aromatic rings. The van der Waals surface area contributed by atoms with Gasteiger partial charge in [-0.15, -0.1) is 0 Å². The van der Waals surface area contributed by atoms with E-state index in [0.717, 1.165) is 31.7 Å². The van der Waals surface area contributed by atoms with E-state index in [2.05, 4.69) is 5.32 Å². The maximum atomic E-state index is 13.4. The number of carbonyl (C=O) groups excluding carboxylic acids is 1. The van der Waals surface area contributed by atoms with Crippen molar-refractivity contribution in [2.75, 3.05) is 26.2 Å². The highest BCUT2D eigenvalue weighted by Crippen LogP contribution is 2.20. The zero-order valence-electron chi connectivity index (χ0n) is 15.0. The molecular formula is C18H26FN3O3S. The van der Waals surface area contributed by atoms with E-state index < -0.39 is 15.8 Å². The number of nitrogens with zero attached hydrogens (tertiary/aromatic N) is 2. The molecule has 1 aliphatic carbocycles. The first-order chi connectivity index (χ1) is 12.4. The predicted octanol–water partition coefficient (Wildman–Crippen LogP) is 1.58. The van der Waals surface area contributed by atoms with Gasteiger partial charge in [-0.25, -0.2) is 12.8 Å². The van der Waals surface area contributed by atoms with Gasteiger partial charge >= 0.3 is 0 Å². The highest BCUT2D eigenvalue weighted by atomic mass is 32.2. The monoisotopic (exact) mass is 383 g/mol. The maximum absolute atomic E-state index is 13.4. The number of piperazine rings is 1. The highest BCUT2D eigenvalue weighted by molar-refractivity contribution is 7.89. The van der Waals surface area contributed by atoms with E-state index in [1.807, 2.05) is 11.8 Å². The molecule has 1 heterocycles. The third-order valence-electron chi connectivity index (χ3n) is 5.34. The minimum absolute atomic E-state index is 0.0123. The molecule has 8 heteroatoms. The van der Waals surface area contributed by atoms with Crippen LogP contribution in [0.5, 0.6) is 0 Å². The van der Waals surface area contributed by atoms with Gasteiger partial charge in [0.2, 0.25) is 15.9 Å². The van der Waals surface area contributed by atoms with Crippen molar-refractivity contribution >= 4 is 15.9 Å². The lowest BCUT2D eigenvalue weighted by atomic mass is 10.2. The molecule has 0 unspecified atom stereocenters. The number of halogens is 1. The molecule has 0 aromatic heterocycles. The molecule has 1 N–H and O–H groups in total. The number of rotatable bonds is 5. The fourth-order valence-corrected chi connectivity index (χ4v) is 5.12. The molecule has 6 nitrogen and oxygen atoms in total. The summed E-state index contributed by atoms with van der Waals surface area (Å²) in [5.74, 6) is -0.555. The minimum atomic E-state index is -3.71. The fourth-order valence-electron chi connectivity index (χ4n) is 3.67. The lowest BCUT2D eigenvalue weighted by Crippen LogP contribution is -2.55. The number of benzene rings is 1. The maximum Gasteiger partial charge on any atom is 0.243 e. The molecule has 3 rings (SSSR count). The Morgan fingerprint density at radius 1 is 1.19 bits per heavy atom. The Hall–Kier alpha value is -1.51. The second kappa shape index (κ2) is 8.02. The van der Waals surface area contributed by atoms with E-state index in [4.69, 9.17) is 0 Å². The quantitative estimate of drug-likeness (QED) is 0.838. The van der Waals surface area contributed by atoms with Gasteiger partial charge in [-0.2, -0.15) is 4.31 Å². The summed E-state index contributed by atoms with van der Waals surface area (Å²) in [6.45, 7) is 3.41. The minimum Gasteiger partial charge on any atom is -0.352 e. The molecule has 1 saturated heterocycles. The molecular weight excluding hydrogens is 357 g/mol.